The summed E-state index contributed by atoms with van der Waals surface area (Å²) in [7, 11) is 3.83. The number of hydrogen-bond donors (Lipinski definition) is 1. The van der Waals surface area contributed by atoms with Gasteiger partial charge in [0.2, 0.25) is 5.13 Å². The van der Waals surface area contributed by atoms with Crippen molar-refractivity contribution in [1.29, 1.82) is 0 Å². The number of ketones is 1. The number of hydrogen-bond acceptors (Lipinski definition) is 7. The summed E-state index contributed by atoms with van der Waals surface area (Å²) in [6.45, 7) is 6.24. The SMILES string of the molecule is CNc1nnc(SC(C)C(=O)/C=C2/N(C)c3ccccc3C2(C)C)s1. The van der Waals surface area contributed by atoms with Crippen LogP contribution in [0.15, 0.2) is 40.4 Å². The van der Waals surface area contributed by atoms with Crippen molar-refractivity contribution in [3.63, 3.8) is 0 Å². The zero-order valence-electron chi connectivity index (χ0n) is 15.0. The number of fused-ring (bicyclic) bond motifs is 1. The first kappa shape index (κ1) is 17.9. The summed E-state index contributed by atoms with van der Waals surface area (Å²) in [6, 6.07) is 8.31. The predicted molar refractivity (Wildman–Crippen MR) is 106 cm³/mol. The van der Waals surface area contributed by atoms with Gasteiger partial charge < -0.3 is 10.2 Å². The van der Waals surface area contributed by atoms with Crippen LogP contribution in [0.3, 0.4) is 0 Å². The van der Waals surface area contributed by atoms with Crippen LogP contribution in [0.2, 0.25) is 0 Å². The first-order valence-corrected chi connectivity index (χ1v) is 9.81. The Bertz CT molecular complexity index is 828. The van der Waals surface area contributed by atoms with Crippen molar-refractivity contribution >= 4 is 39.7 Å². The first-order chi connectivity index (χ1) is 11.8. The van der Waals surface area contributed by atoms with Crippen LogP contribution in [0.25, 0.3) is 0 Å². The number of likely N-dealkylation sites (N-methyl/N-ethyl adjacent to an activating group) is 1. The minimum absolute atomic E-state index is 0.0916. The standard InChI is InChI=1S/C18H22N4OS2/c1-11(24-17-21-20-16(19-4)25-17)14(23)10-15-18(2,3)12-8-6-7-9-13(12)22(15)5/h6-11H,1-5H3,(H,19,20)/b15-10+. The van der Waals surface area contributed by atoms with E-state index in [1.807, 2.05) is 33.2 Å². The zero-order valence-corrected chi connectivity index (χ0v) is 16.7. The van der Waals surface area contributed by atoms with E-state index in [0.717, 1.165) is 20.9 Å². The molecule has 0 saturated carbocycles. The maximum atomic E-state index is 12.8. The highest BCUT2D eigenvalue weighted by Gasteiger charge is 2.38. The molecule has 1 aliphatic rings. The van der Waals surface area contributed by atoms with Crippen molar-refractivity contribution in [1.82, 2.24) is 10.2 Å². The molecule has 132 valence electrons. The van der Waals surface area contributed by atoms with Gasteiger partial charge in [0.25, 0.3) is 0 Å². The Balaban J connectivity index is 1.81. The number of thioether (sulfide) groups is 1. The highest BCUT2D eigenvalue weighted by Crippen LogP contribution is 2.46. The molecule has 0 fully saturated rings. The maximum absolute atomic E-state index is 12.8. The van der Waals surface area contributed by atoms with E-state index in [2.05, 4.69) is 46.4 Å². The van der Waals surface area contributed by atoms with Crippen LogP contribution in [-0.4, -0.2) is 35.3 Å². The molecule has 7 heteroatoms. The Morgan fingerprint density at radius 1 is 1.36 bits per heavy atom. The number of anilines is 2. The van der Waals surface area contributed by atoms with Crippen molar-refractivity contribution in [2.45, 2.75) is 35.8 Å². The molecule has 1 atom stereocenters. The van der Waals surface area contributed by atoms with Crippen LogP contribution < -0.4 is 10.2 Å². The zero-order chi connectivity index (χ0) is 18.2. The molecule has 0 saturated heterocycles. The molecule has 0 aliphatic carbocycles. The molecular formula is C18H22N4OS2. The van der Waals surface area contributed by atoms with E-state index in [0.29, 0.717) is 0 Å². The number of rotatable bonds is 5. The summed E-state index contributed by atoms with van der Waals surface area (Å²) >= 11 is 2.91. The van der Waals surface area contributed by atoms with Crippen LogP contribution in [0, 0.1) is 0 Å². The summed E-state index contributed by atoms with van der Waals surface area (Å²) in [5.74, 6) is 0.0916. The molecule has 0 amide bonds. The maximum Gasteiger partial charge on any atom is 0.206 e. The van der Waals surface area contributed by atoms with Gasteiger partial charge in [0, 0.05) is 37.0 Å². The number of aromatic nitrogens is 2. The van der Waals surface area contributed by atoms with Crippen LogP contribution >= 0.6 is 23.1 Å². The lowest BCUT2D eigenvalue weighted by atomic mass is 9.83. The highest BCUT2D eigenvalue weighted by molar-refractivity contribution is 8.02. The lowest BCUT2D eigenvalue weighted by Gasteiger charge is -2.24. The van der Waals surface area contributed by atoms with Gasteiger partial charge in [-0.25, -0.2) is 0 Å². The number of nitrogens with zero attached hydrogens (tertiary/aromatic N) is 3. The van der Waals surface area contributed by atoms with E-state index in [1.165, 1.54) is 28.7 Å². The average Bonchev–Trinajstić information content (AvgIpc) is 3.12. The van der Waals surface area contributed by atoms with Gasteiger partial charge in [0.05, 0.1) is 5.25 Å². The number of carbonyl (C=O) groups is 1. The number of carbonyl (C=O) groups excluding carboxylic acids is 1. The number of para-hydroxylation sites is 1. The van der Waals surface area contributed by atoms with Crippen molar-refractivity contribution in [3.8, 4) is 0 Å². The number of benzene rings is 1. The van der Waals surface area contributed by atoms with Crippen molar-refractivity contribution in [2.24, 2.45) is 0 Å². The molecule has 1 unspecified atom stereocenters. The number of allylic oxidation sites excluding steroid dienone is 2. The summed E-state index contributed by atoms with van der Waals surface area (Å²) in [4.78, 5) is 14.9. The fourth-order valence-corrected chi connectivity index (χ4v) is 4.95. The van der Waals surface area contributed by atoms with Gasteiger partial charge in [-0.2, -0.15) is 0 Å². The van der Waals surface area contributed by atoms with E-state index < -0.39 is 0 Å². The van der Waals surface area contributed by atoms with Gasteiger partial charge in [-0.3, -0.25) is 4.79 Å². The van der Waals surface area contributed by atoms with Gasteiger partial charge in [-0.05, 0) is 18.6 Å². The average molecular weight is 375 g/mol. The molecule has 3 rings (SSSR count). The molecule has 5 nitrogen and oxygen atoms in total. The van der Waals surface area contributed by atoms with Gasteiger partial charge in [-0.15, -0.1) is 10.2 Å². The third-order valence-corrected chi connectivity index (χ3v) is 6.66. The summed E-state index contributed by atoms with van der Waals surface area (Å²) < 4.78 is 0.797. The Morgan fingerprint density at radius 2 is 2.08 bits per heavy atom. The molecule has 1 N–H and O–H groups in total. The molecular weight excluding hydrogens is 352 g/mol. The molecule has 0 radical (unpaired) electrons. The number of nitrogens with one attached hydrogen (secondary N) is 1. The fraction of sp³-hybridized carbons (Fsp3) is 0.389. The summed E-state index contributed by atoms with van der Waals surface area (Å²) in [5.41, 5.74) is 3.25. The molecule has 1 aromatic carbocycles. The second-order valence-electron chi connectivity index (χ2n) is 6.52. The van der Waals surface area contributed by atoms with Crippen LogP contribution in [0.1, 0.15) is 26.3 Å². The molecule has 1 aromatic heterocycles. The first-order valence-electron chi connectivity index (χ1n) is 8.11. The quantitative estimate of drug-likeness (QED) is 0.632. The van der Waals surface area contributed by atoms with E-state index >= 15 is 0 Å². The van der Waals surface area contributed by atoms with Gasteiger partial charge in [0.1, 0.15) is 0 Å². The second-order valence-corrected chi connectivity index (χ2v) is 9.08. The Kier molecular flexibility index (Phi) is 4.88. The minimum Gasteiger partial charge on any atom is -0.363 e. The molecule has 2 aromatic rings. The Hall–Kier alpha value is -1.86. The van der Waals surface area contributed by atoms with Crippen molar-refractivity contribution < 1.29 is 4.79 Å². The Labute approximate surface area is 156 Å². The molecule has 0 spiro atoms. The lowest BCUT2D eigenvalue weighted by Crippen LogP contribution is -2.25. The summed E-state index contributed by atoms with van der Waals surface area (Å²) in [5, 5.41) is 11.6. The third-order valence-electron chi connectivity index (χ3n) is 4.52. The Morgan fingerprint density at radius 3 is 2.72 bits per heavy atom. The topological polar surface area (TPSA) is 58.1 Å². The van der Waals surface area contributed by atoms with Gasteiger partial charge in [0.15, 0.2) is 10.1 Å². The lowest BCUT2D eigenvalue weighted by molar-refractivity contribution is -0.113. The molecule has 25 heavy (non-hydrogen) atoms. The van der Waals surface area contributed by atoms with Crippen LogP contribution in [0.4, 0.5) is 10.8 Å². The minimum atomic E-state index is -0.210. The van der Waals surface area contributed by atoms with Crippen LogP contribution in [0.5, 0.6) is 0 Å². The normalized spacial score (nSPS) is 18.3. The molecule has 2 heterocycles. The largest absolute Gasteiger partial charge is 0.363 e. The predicted octanol–water partition coefficient (Wildman–Crippen LogP) is 3.94. The van der Waals surface area contributed by atoms with E-state index in [9.17, 15) is 4.79 Å². The van der Waals surface area contributed by atoms with E-state index in [4.69, 9.17) is 0 Å². The van der Waals surface area contributed by atoms with Crippen molar-refractivity contribution in [2.75, 3.05) is 24.3 Å². The molecule has 0 bridgehead atoms. The van der Waals surface area contributed by atoms with Gasteiger partial charge >= 0.3 is 0 Å². The van der Waals surface area contributed by atoms with Crippen LogP contribution in [-0.2, 0) is 10.2 Å². The van der Waals surface area contributed by atoms with Crippen molar-refractivity contribution in [3.05, 3.63) is 41.6 Å². The smallest absolute Gasteiger partial charge is 0.206 e. The highest BCUT2D eigenvalue weighted by atomic mass is 32.2. The van der Waals surface area contributed by atoms with E-state index in [-0.39, 0.29) is 16.4 Å². The molecule has 1 aliphatic heterocycles. The van der Waals surface area contributed by atoms with E-state index in [1.54, 1.807) is 6.08 Å². The second kappa shape index (κ2) is 6.80. The monoisotopic (exact) mass is 374 g/mol. The summed E-state index contributed by atoms with van der Waals surface area (Å²) in [6.07, 6.45) is 1.79. The van der Waals surface area contributed by atoms with Gasteiger partial charge in [-0.1, -0.05) is 55.1 Å². The third kappa shape index (κ3) is 3.30. The fourth-order valence-electron chi connectivity index (χ4n) is 3.08.